The van der Waals surface area contributed by atoms with Gasteiger partial charge in [-0.3, -0.25) is 0 Å². The molecule has 2 nitrogen and oxygen atoms in total. The number of ether oxygens (including phenoxy) is 1. The van der Waals surface area contributed by atoms with Crippen LogP contribution >= 0.6 is 36.1 Å². The Morgan fingerprint density at radius 1 is 1.41 bits per heavy atom. The molecule has 1 aromatic carbocycles. The predicted molar refractivity (Wildman–Crippen MR) is 76.0 cm³/mol. The molecule has 0 radical (unpaired) electrons. The van der Waals surface area contributed by atoms with Crippen molar-refractivity contribution in [2.24, 2.45) is 0 Å². The number of carbonyl (C=O) groups is 1. The number of halogens is 3. The zero-order chi connectivity index (χ0) is 12.6. The summed E-state index contributed by atoms with van der Waals surface area (Å²) in [6.45, 7) is 2.06. The van der Waals surface area contributed by atoms with Gasteiger partial charge in [0.05, 0.1) is 0 Å². The molecule has 0 atom stereocenters. The van der Waals surface area contributed by atoms with Crippen LogP contribution in [0.3, 0.4) is 0 Å². The van der Waals surface area contributed by atoms with Crippen LogP contribution in [0.1, 0.15) is 12.5 Å². The fraction of sp³-hybridized carbons (Fsp3) is 0.182. The van der Waals surface area contributed by atoms with Crippen molar-refractivity contribution in [2.45, 2.75) is 6.92 Å². The molecule has 0 spiro atoms. The Balaban J connectivity index is 2.55. The van der Waals surface area contributed by atoms with Gasteiger partial charge < -0.3 is 0 Å². The number of esters is 1. The number of hydrogen-bond donors (Lipinski definition) is 0. The molecule has 0 aliphatic carbocycles. The van der Waals surface area contributed by atoms with Gasteiger partial charge in [0.1, 0.15) is 0 Å². The Morgan fingerprint density at radius 3 is 2.65 bits per heavy atom. The van der Waals surface area contributed by atoms with E-state index in [9.17, 15) is 4.79 Å². The maximum atomic E-state index is 11.9. The molecule has 0 fully saturated rings. The molecule has 0 unspecified atom stereocenters. The second kappa shape index (κ2) is 4.94. The zero-order valence-corrected chi connectivity index (χ0v) is 13.7. The molecule has 92 valence electrons. The number of fused-ring (bicyclic) bond motifs is 1. The van der Waals surface area contributed by atoms with E-state index in [1.165, 1.54) is 0 Å². The third-order valence-corrected chi connectivity index (χ3v) is 10.8. The molecule has 1 aliphatic rings. The number of rotatable bonds is 2. The average Bonchev–Trinajstić information content (AvgIpc) is 2.48. The summed E-state index contributed by atoms with van der Waals surface area (Å²) >= 11 is 0.249. The standard InChI is InChI=1S/C11H9BrCl2O2Se/c1-2-16-11(15)10-9(12)7-5-3-4-6-8(7)17(10,13)14/h3-6H,2H2,1H3. The summed E-state index contributed by atoms with van der Waals surface area (Å²) < 4.78 is 6.91. The van der Waals surface area contributed by atoms with E-state index in [0.717, 1.165) is 10.0 Å². The van der Waals surface area contributed by atoms with E-state index in [-0.39, 0.29) is 0 Å². The van der Waals surface area contributed by atoms with Crippen molar-refractivity contribution in [1.82, 2.24) is 0 Å². The van der Waals surface area contributed by atoms with E-state index in [1.807, 2.05) is 24.3 Å². The van der Waals surface area contributed by atoms with Crippen LogP contribution in [0, 0.1) is 0 Å². The van der Waals surface area contributed by atoms with Crippen LogP contribution in [0.25, 0.3) is 4.48 Å². The van der Waals surface area contributed by atoms with Crippen LogP contribution in [-0.4, -0.2) is 23.6 Å². The molecular formula is C11H9BrCl2O2Se. The van der Waals surface area contributed by atoms with Crippen molar-refractivity contribution in [3.63, 3.8) is 0 Å². The number of carbonyl (C=O) groups excluding carboxylic acids is 1. The summed E-state index contributed by atoms with van der Waals surface area (Å²) in [7, 11) is 12.8. The van der Waals surface area contributed by atoms with E-state index >= 15 is 0 Å². The van der Waals surface area contributed by atoms with E-state index in [1.54, 1.807) is 6.92 Å². The molecular weight excluding hydrogens is 394 g/mol. The van der Waals surface area contributed by atoms with Gasteiger partial charge in [-0.05, 0) is 0 Å². The molecule has 1 heterocycles. The van der Waals surface area contributed by atoms with E-state index in [2.05, 4.69) is 15.9 Å². The molecule has 1 aromatic rings. The second-order valence-electron chi connectivity index (χ2n) is 3.33. The fourth-order valence-electron chi connectivity index (χ4n) is 1.61. The Hall–Kier alpha value is 0.00948. The minimum absolute atomic E-state index is 0.306. The van der Waals surface area contributed by atoms with Gasteiger partial charge in [0.2, 0.25) is 0 Å². The van der Waals surface area contributed by atoms with Crippen molar-refractivity contribution >= 4 is 62.1 Å². The maximum absolute atomic E-state index is 11.9. The summed E-state index contributed by atoms with van der Waals surface area (Å²) in [5, 5.41) is 0. The molecule has 0 bridgehead atoms. The summed E-state index contributed by atoms with van der Waals surface area (Å²) in [5.74, 6) is -0.430. The van der Waals surface area contributed by atoms with E-state index in [4.69, 9.17) is 24.9 Å². The van der Waals surface area contributed by atoms with Crippen LogP contribution in [0.5, 0.6) is 0 Å². The molecule has 0 aromatic heterocycles. The molecule has 0 N–H and O–H groups in total. The average molecular weight is 403 g/mol. The molecule has 17 heavy (non-hydrogen) atoms. The number of benzene rings is 1. The van der Waals surface area contributed by atoms with Crippen molar-refractivity contribution in [1.29, 1.82) is 0 Å². The molecule has 0 amide bonds. The molecule has 0 saturated carbocycles. The Bertz CT molecular complexity index is 514. The second-order valence-corrected chi connectivity index (χ2v) is 13.5. The van der Waals surface area contributed by atoms with Crippen molar-refractivity contribution in [3.05, 3.63) is 34.3 Å². The van der Waals surface area contributed by atoms with Crippen LogP contribution in [0.2, 0.25) is 0 Å². The van der Waals surface area contributed by atoms with E-state index in [0.29, 0.717) is 15.6 Å². The van der Waals surface area contributed by atoms with Gasteiger partial charge >= 0.3 is 119 Å². The summed E-state index contributed by atoms with van der Waals surface area (Å²) in [5.41, 5.74) is 0.889. The molecule has 1 aliphatic heterocycles. The third kappa shape index (κ3) is 2.17. The van der Waals surface area contributed by atoms with Gasteiger partial charge in [-0.15, -0.1) is 0 Å². The van der Waals surface area contributed by atoms with Gasteiger partial charge in [-0.2, -0.15) is 0 Å². The Morgan fingerprint density at radius 2 is 2.06 bits per heavy atom. The first kappa shape index (κ1) is 13.4. The molecule has 2 rings (SSSR count). The fourth-order valence-corrected chi connectivity index (χ4v) is 10.7. The van der Waals surface area contributed by atoms with Crippen LogP contribution in [0.15, 0.2) is 28.7 Å². The first-order valence-electron chi connectivity index (χ1n) is 4.89. The third-order valence-electron chi connectivity index (χ3n) is 2.32. The predicted octanol–water partition coefficient (Wildman–Crippen LogP) is 3.04. The van der Waals surface area contributed by atoms with Crippen LogP contribution in [-0.2, 0) is 9.53 Å². The summed E-state index contributed by atoms with van der Waals surface area (Å²) in [6.07, 6.45) is 0. The monoisotopic (exact) mass is 402 g/mol. The SMILES string of the molecule is CCOC(=O)C1=C(Br)c2ccccc2[Se]1(Cl)Cl. The van der Waals surface area contributed by atoms with Gasteiger partial charge in [0.25, 0.3) is 0 Å². The molecule has 0 saturated heterocycles. The summed E-state index contributed by atoms with van der Waals surface area (Å²) in [4.78, 5) is 11.9. The minimum atomic E-state index is -3.15. The molecule has 6 heteroatoms. The van der Waals surface area contributed by atoms with Crippen molar-refractivity contribution in [2.75, 3.05) is 6.61 Å². The van der Waals surface area contributed by atoms with Gasteiger partial charge in [0, 0.05) is 0 Å². The van der Waals surface area contributed by atoms with Gasteiger partial charge in [0.15, 0.2) is 0 Å². The van der Waals surface area contributed by atoms with Gasteiger partial charge in [-0.25, -0.2) is 0 Å². The first-order valence-corrected chi connectivity index (χ1v) is 11.9. The zero-order valence-electron chi connectivity index (χ0n) is 8.88. The Labute approximate surface area is 119 Å². The van der Waals surface area contributed by atoms with Crippen molar-refractivity contribution in [3.8, 4) is 0 Å². The quantitative estimate of drug-likeness (QED) is 0.561. The van der Waals surface area contributed by atoms with Gasteiger partial charge in [-0.1, -0.05) is 0 Å². The summed E-state index contributed by atoms with van der Waals surface area (Å²) in [6, 6.07) is 7.50. The Kier molecular flexibility index (Phi) is 3.91. The normalized spacial score (nSPS) is 18.8. The number of hydrogen-bond acceptors (Lipinski definition) is 2. The van der Waals surface area contributed by atoms with Crippen LogP contribution in [0.4, 0.5) is 0 Å². The topological polar surface area (TPSA) is 26.3 Å². The van der Waals surface area contributed by atoms with E-state index < -0.39 is 17.0 Å². The first-order chi connectivity index (χ1) is 8.00. The van der Waals surface area contributed by atoms with Crippen LogP contribution < -0.4 is 4.46 Å². The van der Waals surface area contributed by atoms with Crippen molar-refractivity contribution < 1.29 is 9.53 Å².